The van der Waals surface area contributed by atoms with Crippen LogP contribution in [0.3, 0.4) is 0 Å². The number of anilines is 1. The largest absolute Gasteiger partial charge is 0.383 e. The van der Waals surface area contributed by atoms with Gasteiger partial charge in [-0.15, -0.1) is 0 Å². The van der Waals surface area contributed by atoms with Gasteiger partial charge in [0, 0.05) is 43.0 Å². The number of amides is 1. The maximum absolute atomic E-state index is 12.9. The van der Waals surface area contributed by atoms with Gasteiger partial charge in [0.2, 0.25) is 5.91 Å². The molecule has 1 aliphatic heterocycles. The number of rotatable bonds is 16. The molecule has 6 rings (SSSR count). The zero-order valence-electron chi connectivity index (χ0n) is 26.1. The number of fused-ring (bicyclic) bond motifs is 3. The van der Waals surface area contributed by atoms with Crippen molar-refractivity contribution in [2.45, 2.75) is 32.9 Å². The zero-order valence-corrected chi connectivity index (χ0v) is 26.1. The van der Waals surface area contributed by atoms with Gasteiger partial charge in [0.25, 0.3) is 0 Å². The van der Waals surface area contributed by atoms with Crippen LogP contribution in [0.15, 0.2) is 49.1 Å². The number of benzene rings is 1. The molecular formula is C33H40N8O5. The van der Waals surface area contributed by atoms with Gasteiger partial charge in [-0.1, -0.05) is 18.2 Å². The Bertz CT molecular complexity index is 1770. The average Bonchev–Trinajstić information content (AvgIpc) is 3.70. The Morgan fingerprint density at radius 2 is 1.72 bits per heavy atom. The lowest BCUT2D eigenvalue weighted by Crippen LogP contribution is -2.36. The Labute approximate surface area is 267 Å². The molecule has 1 amide bonds. The van der Waals surface area contributed by atoms with Crippen LogP contribution in [0.1, 0.15) is 30.0 Å². The molecule has 1 aromatic carbocycles. The molecule has 0 saturated heterocycles. The van der Waals surface area contributed by atoms with Crippen molar-refractivity contribution in [3.8, 4) is 11.3 Å². The summed E-state index contributed by atoms with van der Waals surface area (Å²) in [7, 11) is 0. The van der Waals surface area contributed by atoms with Gasteiger partial charge in [0.05, 0.1) is 64.6 Å². The smallest absolute Gasteiger partial charge is 0.225 e. The van der Waals surface area contributed by atoms with Crippen LogP contribution >= 0.6 is 0 Å². The lowest BCUT2D eigenvalue weighted by molar-refractivity contribution is -0.133. The molecule has 242 valence electrons. The number of nitrogens with zero attached hydrogens (tertiary/aromatic N) is 6. The number of ether oxygens (including phenoxy) is 4. The number of nitrogens with two attached hydrogens (primary N) is 1. The van der Waals surface area contributed by atoms with Gasteiger partial charge >= 0.3 is 0 Å². The van der Waals surface area contributed by atoms with Gasteiger partial charge < -0.3 is 34.6 Å². The van der Waals surface area contributed by atoms with E-state index in [0.717, 1.165) is 34.1 Å². The maximum Gasteiger partial charge on any atom is 0.225 e. The van der Waals surface area contributed by atoms with Crippen LogP contribution in [0.4, 0.5) is 5.82 Å². The molecule has 0 bridgehead atoms. The first-order chi connectivity index (χ1) is 22.6. The number of carbonyl (C=O) groups is 1. The molecule has 0 aliphatic carbocycles. The van der Waals surface area contributed by atoms with Gasteiger partial charge in [0.15, 0.2) is 5.65 Å². The Kier molecular flexibility index (Phi) is 10.4. The normalized spacial score (nSPS) is 13.1. The van der Waals surface area contributed by atoms with Gasteiger partial charge in [0.1, 0.15) is 23.5 Å². The van der Waals surface area contributed by atoms with Crippen molar-refractivity contribution in [1.82, 2.24) is 34.6 Å². The molecule has 13 heteroatoms. The molecule has 0 fully saturated rings. The van der Waals surface area contributed by atoms with Crippen LogP contribution in [0, 0.1) is 0 Å². The molecule has 4 aromatic heterocycles. The van der Waals surface area contributed by atoms with E-state index in [-0.39, 0.29) is 5.91 Å². The number of hydrogen-bond acceptors (Lipinski definition) is 10. The standard InChI is InChI=1S/C33H40N8O5/c1-2-43-11-12-45-15-16-46-14-13-44-10-7-28(42)40-9-6-24-17-23(3-4-26(24)21-40)20-41-33-29(31(34)37-22-38-33)30(39-41)27-18-25-5-8-35-32(25)36-19-27/h3-5,8,17-19,22H,2,6-7,9-16,20-21H2,1H3,(H,35,36)(H2,34,37,38). The first kappa shape index (κ1) is 31.5. The van der Waals surface area contributed by atoms with E-state index in [2.05, 4.69) is 38.1 Å². The van der Waals surface area contributed by atoms with Gasteiger partial charge in [-0.05, 0) is 42.2 Å². The van der Waals surface area contributed by atoms with Gasteiger partial charge in [-0.2, -0.15) is 5.10 Å². The second kappa shape index (κ2) is 15.2. The lowest BCUT2D eigenvalue weighted by Gasteiger charge is -2.29. The van der Waals surface area contributed by atoms with E-state index in [1.165, 1.54) is 11.9 Å². The van der Waals surface area contributed by atoms with Gasteiger partial charge in [-0.3, -0.25) is 4.79 Å². The van der Waals surface area contributed by atoms with Crippen LogP contribution in [0.2, 0.25) is 0 Å². The fraction of sp³-hybridized carbons (Fsp3) is 0.424. The van der Waals surface area contributed by atoms with E-state index < -0.39 is 0 Å². The van der Waals surface area contributed by atoms with E-state index in [4.69, 9.17) is 29.8 Å². The maximum atomic E-state index is 12.9. The summed E-state index contributed by atoms with van der Waals surface area (Å²) in [6.07, 6.45) is 6.25. The van der Waals surface area contributed by atoms with Crippen LogP contribution in [-0.4, -0.2) is 99.9 Å². The predicted octanol–water partition coefficient (Wildman–Crippen LogP) is 3.36. The molecule has 5 aromatic rings. The molecule has 1 aliphatic rings. The van der Waals surface area contributed by atoms with Crippen molar-refractivity contribution < 1.29 is 23.7 Å². The van der Waals surface area contributed by atoms with E-state index >= 15 is 0 Å². The second-order valence-electron chi connectivity index (χ2n) is 11.1. The molecule has 0 atom stereocenters. The summed E-state index contributed by atoms with van der Waals surface area (Å²) in [4.78, 5) is 31.2. The third-order valence-electron chi connectivity index (χ3n) is 7.98. The molecule has 46 heavy (non-hydrogen) atoms. The highest BCUT2D eigenvalue weighted by atomic mass is 16.6. The average molecular weight is 629 g/mol. The van der Waals surface area contributed by atoms with Crippen molar-refractivity contribution in [2.75, 3.05) is 65.1 Å². The molecular weight excluding hydrogens is 588 g/mol. The number of H-pyrrole nitrogens is 1. The molecule has 3 N–H and O–H groups in total. The summed E-state index contributed by atoms with van der Waals surface area (Å²) in [5.74, 6) is 0.475. The minimum atomic E-state index is 0.0958. The highest BCUT2D eigenvalue weighted by Crippen LogP contribution is 2.31. The SMILES string of the molecule is CCOCCOCCOCCOCCC(=O)N1CCc2cc(Cn3nc(-c4cnc5[nH]ccc5c4)c4c(N)ncnc43)ccc2C1. The van der Waals surface area contributed by atoms with Crippen molar-refractivity contribution in [3.63, 3.8) is 0 Å². The van der Waals surface area contributed by atoms with Crippen molar-refractivity contribution in [2.24, 2.45) is 0 Å². The molecule has 0 spiro atoms. The molecule has 0 radical (unpaired) electrons. The summed E-state index contributed by atoms with van der Waals surface area (Å²) in [6, 6.07) is 10.4. The number of aromatic amines is 1. The highest BCUT2D eigenvalue weighted by molar-refractivity contribution is 5.99. The van der Waals surface area contributed by atoms with Crippen LogP contribution in [0.25, 0.3) is 33.3 Å². The molecule has 0 saturated carbocycles. The summed E-state index contributed by atoms with van der Waals surface area (Å²) in [5.41, 5.74) is 12.8. The summed E-state index contributed by atoms with van der Waals surface area (Å²) >= 11 is 0. The summed E-state index contributed by atoms with van der Waals surface area (Å²) < 4.78 is 23.6. The fourth-order valence-electron chi connectivity index (χ4n) is 5.62. The lowest BCUT2D eigenvalue weighted by atomic mass is 9.97. The molecule has 5 heterocycles. The van der Waals surface area contributed by atoms with Gasteiger partial charge in [-0.25, -0.2) is 19.6 Å². The Hall–Kier alpha value is -4.43. The Morgan fingerprint density at radius 3 is 2.52 bits per heavy atom. The topological polar surface area (TPSA) is 156 Å². The Balaban J connectivity index is 1.01. The van der Waals surface area contributed by atoms with Crippen LogP contribution in [0.5, 0.6) is 0 Å². The van der Waals surface area contributed by atoms with Crippen molar-refractivity contribution in [3.05, 3.63) is 65.7 Å². The fourth-order valence-corrected chi connectivity index (χ4v) is 5.62. The quantitative estimate of drug-likeness (QED) is 0.155. The van der Waals surface area contributed by atoms with Crippen LogP contribution < -0.4 is 5.73 Å². The number of pyridine rings is 1. The monoisotopic (exact) mass is 628 g/mol. The highest BCUT2D eigenvalue weighted by Gasteiger charge is 2.22. The van der Waals surface area contributed by atoms with E-state index in [9.17, 15) is 4.79 Å². The molecule has 0 unspecified atom stereocenters. The van der Waals surface area contributed by atoms with Crippen molar-refractivity contribution >= 4 is 33.8 Å². The number of nitrogen functional groups attached to an aromatic ring is 1. The van der Waals surface area contributed by atoms with E-state index in [1.54, 1.807) is 6.20 Å². The first-order valence-electron chi connectivity index (χ1n) is 15.7. The van der Waals surface area contributed by atoms with E-state index in [0.29, 0.717) is 101 Å². The molecule has 13 nitrogen and oxygen atoms in total. The minimum absolute atomic E-state index is 0.0958. The number of nitrogens with one attached hydrogen (secondary N) is 1. The second-order valence-corrected chi connectivity index (χ2v) is 11.1. The van der Waals surface area contributed by atoms with E-state index in [1.807, 2.05) is 34.8 Å². The third kappa shape index (κ3) is 7.50. The number of carbonyl (C=O) groups excluding carboxylic acids is 1. The summed E-state index contributed by atoms with van der Waals surface area (Å²) in [5, 5.41) is 6.63. The number of hydrogen-bond donors (Lipinski definition) is 2. The van der Waals surface area contributed by atoms with Crippen LogP contribution in [-0.2, 0) is 43.3 Å². The minimum Gasteiger partial charge on any atom is -0.383 e. The zero-order chi connectivity index (χ0) is 31.7. The van der Waals surface area contributed by atoms with Crippen molar-refractivity contribution in [1.29, 1.82) is 0 Å². The summed E-state index contributed by atoms with van der Waals surface area (Å²) in [6.45, 7) is 7.93. The first-order valence-corrected chi connectivity index (χ1v) is 15.7. The number of aromatic nitrogens is 6. The third-order valence-corrected chi connectivity index (χ3v) is 7.98. The Morgan fingerprint density at radius 1 is 0.935 bits per heavy atom. The predicted molar refractivity (Wildman–Crippen MR) is 173 cm³/mol.